The number of amides is 1. The summed E-state index contributed by atoms with van der Waals surface area (Å²) in [6.45, 7) is 0. The van der Waals surface area contributed by atoms with E-state index in [2.05, 4.69) is 20.0 Å². The van der Waals surface area contributed by atoms with Crippen molar-refractivity contribution >= 4 is 27.3 Å². The Balaban J connectivity index is 1.42. The van der Waals surface area contributed by atoms with Crippen LogP contribution in [0.15, 0.2) is 96.2 Å². The third-order valence-electron chi connectivity index (χ3n) is 4.37. The highest BCUT2D eigenvalue weighted by Gasteiger charge is 2.14. The maximum absolute atomic E-state index is 12.5. The zero-order chi connectivity index (χ0) is 21.0. The van der Waals surface area contributed by atoms with Crippen molar-refractivity contribution < 1.29 is 13.2 Å². The molecule has 30 heavy (non-hydrogen) atoms. The van der Waals surface area contributed by atoms with Gasteiger partial charge in [0.1, 0.15) is 5.82 Å². The minimum absolute atomic E-state index is 0.171. The molecule has 8 heteroatoms. The van der Waals surface area contributed by atoms with Crippen molar-refractivity contribution in [1.29, 1.82) is 0 Å². The van der Waals surface area contributed by atoms with Gasteiger partial charge in [0.2, 0.25) is 0 Å². The van der Waals surface area contributed by atoms with Crippen molar-refractivity contribution in [2.45, 2.75) is 4.90 Å². The molecule has 4 rings (SSSR count). The van der Waals surface area contributed by atoms with Crippen LogP contribution in [0.1, 0.15) is 10.4 Å². The number of imidazole rings is 1. The fraction of sp³-hybridized carbons (Fsp3) is 0. The highest BCUT2D eigenvalue weighted by Crippen LogP contribution is 2.19. The van der Waals surface area contributed by atoms with Gasteiger partial charge in [0.15, 0.2) is 0 Å². The van der Waals surface area contributed by atoms with Crippen LogP contribution in [-0.4, -0.2) is 24.3 Å². The van der Waals surface area contributed by atoms with Gasteiger partial charge in [-0.3, -0.25) is 9.52 Å². The van der Waals surface area contributed by atoms with E-state index in [0.29, 0.717) is 16.9 Å². The number of benzene rings is 3. The van der Waals surface area contributed by atoms with E-state index in [0.717, 1.165) is 11.4 Å². The number of carbonyl (C=O) groups is 1. The fourth-order valence-corrected chi connectivity index (χ4v) is 3.92. The lowest BCUT2D eigenvalue weighted by molar-refractivity contribution is 0.102. The highest BCUT2D eigenvalue weighted by atomic mass is 32.2. The zero-order valence-corrected chi connectivity index (χ0v) is 16.6. The molecule has 0 bridgehead atoms. The summed E-state index contributed by atoms with van der Waals surface area (Å²) >= 11 is 0. The van der Waals surface area contributed by atoms with Crippen molar-refractivity contribution in [2.75, 3.05) is 10.0 Å². The lowest BCUT2D eigenvalue weighted by atomic mass is 10.1. The van der Waals surface area contributed by atoms with Crippen molar-refractivity contribution in [1.82, 2.24) is 9.97 Å². The number of hydrogen-bond donors (Lipinski definition) is 3. The van der Waals surface area contributed by atoms with Gasteiger partial charge in [-0.05, 0) is 60.7 Å². The molecule has 0 fully saturated rings. The lowest BCUT2D eigenvalue weighted by Crippen LogP contribution is -2.14. The normalized spacial score (nSPS) is 11.1. The highest BCUT2D eigenvalue weighted by molar-refractivity contribution is 7.92. The molecule has 3 aromatic carbocycles. The van der Waals surface area contributed by atoms with Crippen molar-refractivity contribution in [2.24, 2.45) is 0 Å². The van der Waals surface area contributed by atoms with E-state index in [9.17, 15) is 13.2 Å². The number of rotatable bonds is 6. The summed E-state index contributed by atoms with van der Waals surface area (Å²) < 4.78 is 27.3. The van der Waals surface area contributed by atoms with E-state index in [-0.39, 0.29) is 10.8 Å². The number of nitrogens with zero attached hydrogens (tertiary/aromatic N) is 1. The second-order valence-electron chi connectivity index (χ2n) is 6.47. The van der Waals surface area contributed by atoms with Gasteiger partial charge in [-0.1, -0.05) is 18.2 Å². The molecule has 150 valence electrons. The number of sulfonamides is 1. The summed E-state index contributed by atoms with van der Waals surface area (Å²) in [5.74, 6) is 0.458. The average molecular weight is 418 g/mol. The van der Waals surface area contributed by atoms with Gasteiger partial charge in [0.25, 0.3) is 15.9 Å². The third-order valence-corrected chi connectivity index (χ3v) is 5.76. The monoisotopic (exact) mass is 418 g/mol. The molecule has 0 aliphatic heterocycles. The Morgan fingerprint density at radius 3 is 2.13 bits per heavy atom. The van der Waals surface area contributed by atoms with E-state index in [1.54, 1.807) is 67.0 Å². The lowest BCUT2D eigenvalue weighted by Gasteiger charge is -2.09. The molecule has 0 radical (unpaired) electrons. The van der Waals surface area contributed by atoms with E-state index in [4.69, 9.17) is 0 Å². The fourth-order valence-electron chi connectivity index (χ4n) is 2.84. The molecule has 0 atom stereocenters. The smallest absolute Gasteiger partial charge is 0.261 e. The Kier molecular flexibility index (Phi) is 5.32. The average Bonchev–Trinajstić information content (AvgIpc) is 3.30. The van der Waals surface area contributed by atoms with Gasteiger partial charge in [-0.2, -0.15) is 0 Å². The molecule has 0 saturated heterocycles. The van der Waals surface area contributed by atoms with Gasteiger partial charge in [0, 0.05) is 34.9 Å². The summed E-state index contributed by atoms with van der Waals surface area (Å²) in [5, 5.41) is 2.82. The van der Waals surface area contributed by atoms with Crippen LogP contribution in [0.25, 0.3) is 11.4 Å². The maximum Gasteiger partial charge on any atom is 0.261 e. The topological polar surface area (TPSA) is 104 Å². The van der Waals surface area contributed by atoms with Crippen molar-refractivity contribution in [3.05, 3.63) is 96.8 Å². The number of aromatic amines is 1. The van der Waals surface area contributed by atoms with E-state index in [1.807, 2.05) is 12.1 Å². The number of nitrogens with one attached hydrogen (secondary N) is 3. The number of H-pyrrole nitrogens is 1. The van der Waals surface area contributed by atoms with Crippen LogP contribution in [-0.2, 0) is 10.0 Å². The van der Waals surface area contributed by atoms with Crippen LogP contribution >= 0.6 is 0 Å². The standard InChI is InChI=1S/C22H18N4O3S/c27-22(25-18-10-6-16(7-11-18)21-23-14-15-24-21)17-8-12-19(13-9-17)26-30(28,29)20-4-2-1-3-5-20/h1-15,26H,(H,23,24)(H,25,27). The maximum atomic E-state index is 12.5. The number of anilines is 2. The Morgan fingerprint density at radius 2 is 1.50 bits per heavy atom. The first kappa shape index (κ1) is 19.4. The van der Waals surface area contributed by atoms with Crippen LogP contribution in [0.3, 0.4) is 0 Å². The second kappa shape index (κ2) is 8.22. The molecule has 1 heterocycles. The predicted octanol–water partition coefficient (Wildman–Crippen LogP) is 4.13. The van der Waals surface area contributed by atoms with E-state index >= 15 is 0 Å². The molecule has 1 aromatic heterocycles. The number of carbonyl (C=O) groups excluding carboxylic acids is 1. The van der Waals surface area contributed by atoms with Crippen LogP contribution in [0.2, 0.25) is 0 Å². The molecule has 7 nitrogen and oxygen atoms in total. The molecule has 0 unspecified atom stereocenters. The summed E-state index contributed by atoms with van der Waals surface area (Å²) in [6.07, 6.45) is 3.42. The van der Waals surface area contributed by atoms with E-state index < -0.39 is 10.0 Å². The molecule has 1 amide bonds. The Bertz CT molecular complexity index is 1240. The largest absolute Gasteiger partial charge is 0.345 e. The Hall–Kier alpha value is -3.91. The molecular weight excluding hydrogens is 400 g/mol. The first-order valence-electron chi connectivity index (χ1n) is 9.10. The minimum Gasteiger partial charge on any atom is -0.345 e. The third kappa shape index (κ3) is 4.39. The molecule has 0 saturated carbocycles. The Morgan fingerprint density at radius 1 is 0.833 bits per heavy atom. The number of aromatic nitrogens is 2. The summed E-state index contributed by atoms with van der Waals surface area (Å²) in [7, 11) is -3.68. The summed E-state index contributed by atoms with van der Waals surface area (Å²) in [4.78, 5) is 19.9. The first-order chi connectivity index (χ1) is 14.5. The first-order valence-corrected chi connectivity index (χ1v) is 10.6. The van der Waals surface area contributed by atoms with Gasteiger partial charge in [-0.15, -0.1) is 0 Å². The zero-order valence-electron chi connectivity index (χ0n) is 15.7. The van der Waals surface area contributed by atoms with Gasteiger partial charge >= 0.3 is 0 Å². The molecular formula is C22H18N4O3S. The van der Waals surface area contributed by atoms with Crippen molar-refractivity contribution in [3.63, 3.8) is 0 Å². The number of hydrogen-bond acceptors (Lipinski definition) is 4. The SMILES string of the molecule is O=C(Nc1ccc(-c2ncc[nH]2)cc1)c1ccc(NS(=O)(=O)c2ccccc2)cc1. The van der Waals surface area contributed by atoms with Crippen LogP contribution in [0.5, 0.6) is 0 Å². The van der Waals surface area contributed by atoms with Crippen molar-refractivity contribution in [3.8, 4) is 11.4 Å². The molecule has 0 spiro atoms. The molecule has 4 aromatic rings. The second-order valence-corrected chi connectivity index (χ2v) is 8.15. The molecule has 3 N–H and O–H groups in total. The Labute approximate surface area is 173 Å². The predicted molar refractivity (Wildman–Crippen MR) is 116 cm³/mol. The van der Waals surface area contributed by atoms with E-state index in [1.165, 1.54) is 12.1 Å². The van der Waals surface area contributed by atoms with Crippen LogP contribution < -0.4 is 10.0 Å². The summed E-state index contributed by atoms with van der Waals surface area (Å²) in [5.41, 5.74) is 2.34. The van der Waals surface area contributed by atoms with Gasteiger partial charge in [-0.25, -0.2) is 13.4 Å². The van der Waals surface area contributed by atoms with Crippen LogP contribution in [0, 0.1) is 0 Å². The summed E-state index contributed by atoms with van der Waals surface area (Å²) in [6, 6.07) is 21.6. The molecule has 0 aliphatic rings. The molecule has 0 aliphatic carbocycles. The van der Waals surface area contributed by atoms with Gasteiger partial charge < -0.3 is 10.3 Å². The quantitative estimate of drug-likeness (QED) is 0.438. The minimum atomic E-state index is -3.68. The van der Waals surface area contributed by atoms with Crippen LogP contribution in [0.4, 0.5) is 11.4 Å². The van der Waals surface area contributed by atoms with Gasteiger partial charge in [0.05, 0.1) is 4.90 Å².